The molecule has 1 aromatic rings. The van der Waals surface area contributed by atoms with E-state index in [1.807, 2.05) is 13.0 Å². The van der Waals surface area contributed by atoms with Gasteiger partial charge in [-0.2, -0.15) is 0 Å². The van der Waals surface area contributed by atoms with E-state index >= 15 is 0 Å². The lowest BCUT2D eigenvalue weighted by Crippen LogP contribution is -2.24. The number of nitrogens with zero attached hydrogens (tertiary/aromatic N) is 1. The van der Waals surface area contributed by atoms with Gasteiger partial charge in [-0.25, -0.2) is 0 Å². The van der Waals surface area contributed by atoms with E-state index in [1.165, 1.54) is 11.3 Å². The highest BCUT2D eigenvalue weighted by atomic mass is 79.9. The topological polar surface area (TPSA) is 38.5 Å². The van der Waals surface area contributed by atoms with Crippen molar-refractivity contribution >= 4 is 21.6 Å². The molecule has 94 valence electrons. The molecule has 2 atom stereocenters. The first-order chi connectivity index (χ1) is 8.11. The second-order valence-electron chi connectivity index (χ2n) is 4.58. The minimum Gasteiger partial charge on any atom is -0.380 e. The monoisotopic (exact) mass is 298 g/mol. The number of hydrogen-bond acceptors (Lipinski definition) is 3. The Labute approximate surface area is 111 Å². The van der Waals surface area contributed by atoms with Gasteiger partial charge in [-0.15, -0.1) is 0 Å². The molecule has 0 aliphatic carbocycles. The van der Waals surface area contributed by atoms with E-state index < -0.39 is 0 Å². The molecular formula is C13H19BrN2O. The van der Waals surface area contributed by atoms with Gasteiger partial charge in [-0.3, -0.25) is 0 Å². The van der Waals surface area contributed by atoms with Crippen LogP contribution in [0.3, 0.4) is 0 Å². The molecular weight excluding hydrogens is 280 g/mol. The first-order valence-corrected chi connectivity index (χ1v) is 6.74. The predicted molar refractivity (Wildman–Crippen MR) is 74.4 cm³/mol. The van der Waals surface area contributed by atoms with Crippen molar-refractivity contribution in [2.24, 2.45) is 5.73 Å². The normalized spacial score (nSPS) is 21.9. The smallest absolute Gasteiger partial charge is 0.0762 e. The molecule has 1 aromatic carbocycles. The Morgan fingerprint density at radius 3 is 2.88 bits per heavy atom. The number of methoxy groups -OCH3 is 1. The standard InChI is InChI=1S/C13H19BrN2O/c1-9(15)12-4-3-10(14)7-13(12)16-6-5-11(8-16)17-2/h3-4,7,9,11H,5-6,8,15H2,1-2H3. The van der Waals surface area contributed by atoms with Gasteiger partial charge in [0.2, 0.25) is 0 Å². The second-order valence-corrected chi connectivity index (χ2v) is 5.50. The van der Waals surface area contributed by atoms with Crippen molar-refractivity contribution in [1.29, 1.82) is 0 Å². The molecule has 4 heteroatoms. The molecule has 1 fully saturated rings. The number of ether oxygens (including phenoxy) is 1. The van der Waals surface area contributed by atoms with Crippen LogP contribution in [0.25, 0.3) is 0 Å². The SMILES string of the molecule is COC1CCN(c2cc(Br)ccc2C(C)N)C1. The third kappa shape index (κ3) is 2.81. The van der Waals surface area contributed by atoms with Crippen molar-refractivity contribution in [2.75, 3.05) is 25.1 Å². The van der Waals surface area contributed by atoms with Gasteiger partial charge in [0.1, 0.15) is 0 Å². The highest BCUT2D eigenvalue weighted by Gasteiger charge is 2.24. The number of hydrogen-bond donors (Lipinski definition) is 1. The van der Waals surface area contributed by atoms with Crippen LogP contribution in [0.2, 0.25) is 0 Å². The first kappa shape index (κ1) is 12.9. The number of benzene rings is 1. The Morgan fingerprint density at radius 2 is 2.29 bits per heavy atom. The highest BCUT2D eigenvalue weighted by molar-refractivity contribution is 9.10. The number of rotatable bonds is 3. The fraction of sp³-hybridized carbons (Fsp3) is 0.538. The third-order valence-electron chi connectivity index (χ3n) is 3.30. The minimum absolute atomic E-state index is 0.0553. The maximum absolute atomic E-state index is 6.03. The fourth-order valence-electron chi connectivity index (χ4n) is 2.32. The Bertz CT molecular complexity index is 395. The molecule has 0 saturated carbocycles. The quantitative estimate of drug-likeness (QED) is 0.932. The summed E-state index contributed by atoms with van der Waals surface area (Å²) in [4.78, 5) is 2.36. The Kier molecular flexibility index (Phi) is 4.07. The molecule has 0 amide bonds. The molecule has 0 radical (unpaired) electrons. The summed E-state index contributed by atoms with van der Waals surface area (Å²) >= 11 is 3.53. The maximum Gasteiger partial charge on any atom is 0.0762 e. The van der Waals surface area contributed by atoms with Crippen LogP contribution >= 0.6 is 15.9 Å². The van der Waals surface area contributed by atoms with Crippen LogP contribution in [0, 0.1) is 0 Å². The van der Waals surface area contributed by atoms with E-state index in [4.69, 9.17) is 10.5 Å². The summed E-state index contributed by atoms with van der Waals surface area (Å²) in [5, 5.41) is 0. The molecule has 1 aliphatic rings. The largest absolute Gasteiger partial charge is 0.380 e. The number of anilines is 1. The second kappa shape index (κ2) is 5.38. The third-order valence-corrected chi connectivity index (χ3v) is 3.80. The molecule has 2 rings (SSSR count). The van der Waals surface area contributed by atoms with Crippen LogP contribution in [0.5, 0.6) is 0 Å². The van der Waals surface area contributed by atoms with E-state index in [9.17, 15) is 0 Å². The first-order valence-electron chi connectivity index (χ1n) is 5.94. The van der Waals surface area contributed by atoms with Gasteiger partial charge >= 0.3 is 0 Å². The van der Waals surface area contributed by atoms with Crippen molar-refractivity contribution in [1.82, 2.24) is 0 Å². The predicted octanol–water partition coefficient (Wildman–Crippen LogP) is 2.69. The van der Waals surface area contributed by atoms with Crippen LogP contribution in [0.1, 0.15) is 24.9 Å². The summed E-state index contributed by atoms with van der Waals surface area (Å²) in [6.07, 6.45) is 1.43. The van der Waals surface area contributed by atoms with E-state index in [1.54, 1.807) is 7.11 Å². The van der Waals surface area contributed by atoms with Crippen molar-refractivity contribution < 1.29 is 4.74 Å². The Hall–Kier alpha value is -0.580. The summed E-state index contributed by atoms with van der Waals surface area (Å²) < 4.78 is 6.50. The highest BCUT2D eigenvalue weighted by Crippen LogP contribution is 2.31. The lowest BCUT2D eigenvalue weighted by atomic mass is 10.1. The van der Waals surface area contributed by atoms with Gasteiger partial charge in [0.05, 0.1) is 6.10 Å². The summed E-state index contributed by atoms with van der Waals surface area (Å²) in [7, 11) is 1.78. The summed E-state index contributed by atoms with van der Waals surface area (Å²) in [5.74, 6) is 0. The summed E-state index contributed by atoms with van der Waals surface area (Å²) in [6, 6.07) is 6.35. The van der Waals surface area contributed by atoms with E-state index in [2.05, 4.69) is 33.0 Å². The molecule has 1 heterocycles. The van der Waals surface area contributed by atoms with Gasteiger partial charge in [-0.05, 0) is 31.0 Å². The van der Waals surface area contributed by atoms with Gasteiger partial charge in [0.15, 0.2) is 0 Å². The lowest BCUT2D eigenvalue weighted by molar-refractivity contribution is 0.121. The average Bonchev–Trinajstić information content (AvgIpc) is 2.76. The molecule has 17 heavy (non-hydrogen) atoms. The maximum atomic E-state index is 6.03. The Balaban J connectivity index is 2.27. The molecule has 3 nitrogen and oxygen atoms in total. The van der Waals surface area contributed by atoms with Gasteiger partial charge < -0.3 is 15.4 Å². The van der Waals surface area contributed by atoms with Crippen LogP contribution < -0.4 is 10.6 Å². The zero-order valence-corrected chi connectivity index (χ0v) is 11.9. The van der Waals surface area contributed by atoms with E-state index in [0.717, 1.165) is 24.0 Å². The molecule has 0 bridgehead atoms. The van der Waals surface area contributed by atoms with Gasteiger partial charge in [0.25, 0.3) is 0 Å². The van der Waals surface area contributed by atoms with Crippen LogP contribution in [-0.2, 0) is 4.74 Å². The van der Waals surface area contributed by atoms with Crippen molar-refractivity contribution in [3.63, 3.8) is 0 Å². The molecule has 0 spiro atoms. The average molecular weight is 299 g/mol. The fourth-order valence-corrected chi connectivity index (χ4v) is 2.66. The van der Waals surface area contributed by atoms with Crippen molar-refractivity contribution in [2.45, 2.75) is 25.5 Å². The van der Waals surface area contributed by atoms with Gasteiger partial charge in [-0.1, -0.05) is 22.0 Å². The number of nitrogens with two attached hydrogens (primary N) is 1. The van der Waals surface area contributed by atoms with Crippen molar-refractivity contribution in [3.05, 3.63) is 28.2 Å². The Morgan fingerprint density at radius 1 is 1.53 bits per heavy atom. The molecule has 2 unspecified atom stereocenters. The molecule has 0 aromatic heterocycles. The molecule has 1 saturated heterocycles. The van der Waals surface area contributed by atoms with Crippen LogP contribution in [-0.4, -0.2) is 26.3 Å². The molecule has 1 aliphatic heterocycles. The van der Waals surface area contributed by atoms with E-state index in [-0.39, 0.29) is 6.04 Å². The van der Waals surface area contributed by atoms with E-state index in [0.29, 0.717) is 6.10 Å². The zero-order valence-electron chi connectivity index (χ0n) is 10.3. The van der Waals surface area contributed by atoms with Crippen LogP contribution in [0.15, 0.2) is 22.7 Å². The summed E-state index contributed by atoms with van der Waals surface area (Å²) in [6.45, 7) is 4.01. The summed E-state index contributed by atoms with van der Waals surface area (Å²) in [5.41, 5.74) is 8.46. The zero-order chi connectivity index (χ0) is 12.4. The molecule has 2 N–H and O–H groups in total. The van der Waals surface area contributed by atoms with Crippen molar-refractivity contribution in [3.8, 4) is 0 Å². The number of halogens is 1. The van der Waals surface area contributed by atoms with Gasteiger partial charge in [0, 0.05) is 36.4 Å². The lowest BCUT2D eigenvalue weighted by Gasteiger charge is -2.23. The van der Waals surface area contributed by atoms with Crippen LogP contribution in [0.4, 0.5) is 5.69 Å². The minimum atomic E-state index is 0.0553.